The molecule has 3 N–H and O–H groups in total. The lowest BCUT2D eigenvalue weighted by Gasteiger charge is -2.12. The van der Waals surface area contributed by atoms with E-state index in [1.165, 1.54) is 0 Å². The Morgan fingerprint density at radius 2 is 2.00 bits per heavy atom. The molecule has 100 valence electrons. The molecule has 1 atom stereocenters. The van der Waals surface area contributed by atoms with E-state index >= 15 is 0 Å². The van der Waals surface area contributed by atoms with Crippen LogP contribution in [0.2, 0.25) is 0 Å². The van der Waals surface area contributed by atoms with Gasteiger partial charge in [-0.25, -0.2) is 4.79 Å². The molecule has 0 saturated carbocycles. The van der Waals surface area contributed by atoms with Crippen molar-refractivity contribution >= 4 is 11.9 Å². The number of hydrogen-bond acceptors (Lipinski definition) is 4. The van der Waals surface area contributed by atoms with Gasteiger partial charge in [0.05, 0.1) is 19.6 Å². The van der Waals surface area contributed by atoms with Crippen molar-refractivity contribution in [2.75, 3.05) is 26.7 Å². The molecule has 0 rings (SSSR count). The van der Waals surface area contributed by atoms with E-state index in [-0.39, 0.29) is 6.54 Å². The summed E-state index contributed by atoms with van der Waals surface area (Å²) in [5.74, 6) is -2.01. The first-order chi connectivity index (χ1) is 7.76. The fourth-order valence-electron chi connectivity index (χ4n) is 0.858. The number of methoxy groups -OCH3 is 1. The van der Waals surface area contributed by atoms with E-state index in [1.54, 1.807) is 0 Å². The predicted molar refractivity (Wildman–Crippen MR) is 50.4 cm³/mol. The largest absolute Gasteiger partial charge is 0.479 e. The van der Waals surface area contributed by atoms with Crippen LogP contribution >= 0.6 is 0 Å². The van der Waals surface area contributed by atoms with Crippen LogP contribution in [0.15, 0.2) is 0 Å². The number of alkyl halides is 3. The summed E-state index contributed by atoms with van der Waals surface area (Å²) in [6.07, 6.45) is -5.61. The SMILES string of the molecule is COC(CNC(=O)CNCC(F)(F)F)C(=O)O. The molecule has 1 amide bonds. The number of carbonyl (C=O) groups is 2. The van der Waals surface area contributed by atoms with Gasteiger partial charge >= 0.3 is 12.1 Å². The Balaban J connectivity index is 3.76. The Kier molecular flexibility index (Phi) is 6.51. The van der Waals surface area contributed by atoms with Gasteiger partial charge in [-0.2, -0.15) is 13.2 Å². The number of halogens is 3. The first-order valence-electron chi connectivity index (χ1n) is 4.56. The molecule has 0 aliphatic carbocycles. The molecule has 9 heteroatoms. The number of carbonyl (C=O) groups excluding carboxylic acids is 1. The molecular weight excluding hydrogens is 245 g/mol. The summed E-state index contributed by atoms with van der Waals surface area (Å²) in [5, 5.41) is 12.5. The fraction of sp³-hybridized carbons (Fsp3) is 0.750. The lowest BCUT2D eigenvalue weighted by Crippen LogP contribution is -2.43. The quantitative estimate of drug-likeness (QED) is 0.565. The lowest BCUT2D eigenvalue weighted by molar-refractivity contribution is -0.148. The van der Waals surface area contributed by atoms with Crippen molar-refractivity contribution in [1.82, 2.24) is 10.6 Å². The molecule has 0 aromatic carbocycles. The van der Waals surface area contributed by atoms with Crippen LogP contribution in [0, 0.1) is 0 Å². The van der Waals surface area contributed by atoms with E-state index in [0.29, 0.717) is 0 Å². The van der Waals surface area contributed by atoms with Crippen LogP contribution in [0.25, 0.3) is 0 Å². The molecule has 0 aliphatic rings. The second-order valence-corrected chi connectivity index (χ2v) is 3.09. The van der Waals surface area contributed by atoms with Gasteiger partial charge in [-0.15, -0.1) is 0 Å². The maximum Gasteiger partial charge on any atom is 0.401 e. The number of carboxylic acids is 1. The topological polar surface area (TPSA) is 87.7 Å². The van der Waals surface area contributed by atoms with Crippen LogP contribution in [0.4, 0.5) is 13.2 Å². The van der Waals surface area contributed by atoms with Crippen LogP contribution in [0.3, 0.4) is 0 Å². The van der Waals surface area contributed by atoms with Crippen molar-refractivity contribution in [1.29, 1.82) is 0 Å². The zero-order valence-electron chi connectivity index (χ0n) is 9.00. The predicted octanol–water partition coefficient (Wildman–Crippen LogP) is -0.646. The van der Waals surface area contributed by atoms with E-state index in [4.69, 9.17) is 5.11 Å². The van der Waals surface area contributed by atoms with Crippen molar-refractivity contribution < 1.29 is 32.6 Å². The Morgan fingerprint density at radius 1 is 1.41 bits per heavy atom. The summed E-state index contributed by atoms with van der Waals surface area (Å²) in [6.45, 7) is -2.14. The smallest absolute Gasteiger partial charge is 0.401 e. The third-order valence-corrected chi connectivity index (χ3v) is 1.66. The number of amides is 1. The van der Waals surface area contributed by atoms with Gasteiger partial charge in [-0.3, -0.25) is 4.79 Å². The summed E-state index contributed by atoms with van der Waals surface area (Å²) in [4.78, 5) is 21.4. The molecule has 0 radical (unpaired) electrons. The van der Waals surface area contributed by atoms with Crippen molar-refractivity contribution in [2.45, 2.75) is 12.3 Å². The van der Waals surface area contributed by atoms with E-state index in [9.17, 15) is 22.8 Å². The number of carboxylic acid groups (broad SMARTS) is 1. The molecule has 0 spiro atoms. The number of nitrogens with one attached hydrogen (secondary N) is 2. The van der Waals surface area contributed by atoms with Crippen LogP contribution in [0.5, 0.6) is 0 Å². The fourth-order valence-corrected chi connectivity index (χ4v) is 0.858. The molecule has 0 saturated heterocycles. The number of ether oxygens (including phenoxy) is 1. The Morgan fingerprint density at radius 3 is 2.41 bits per heavy atom. The lowest BCUT2D eigenvalue weighted by atomic mass is 10.3. The first-order valence-corrected chi connectivity index (χ1v) is 4.56. The molecule has 0 aliphatic heterocycles. The molecule has 0 fully saturated rings. The second-order valence-electron chi connectivity index (χ2n) is 3.09. The van der Waals surface area contributed by atoms with E-state index in [0.717, 1.165) is 7.11 Å². The van der Waals surface area contributed by atoms with Crippen molar-refractivity contribution in [3.8, 4) is 0 Å². The minimum Gasteiger partial charge on any atom is -0.479 e. The number of aliphatic carboxylic acids is 1. The van der Waals surface area contributed by atoms with Crippen LogP contribution in [-0.2, 0) is 14.3 Å². The second kappa shape index (κ2) is 7.07. The molecule has 17 heavy (non-hydrogen) atoms. The highest BCUT2D eigenvalue weighted by Gasteiger charge is 2.26. The van der Waals surface area contributed by atoms with Crippen LogP contribution < -0.4 is 10.6 Å². The van der Waals surface area contributed by atoms with Gasteiger partial charge < -0.3 is 20.5 Å². The minimum atomic E-state index is -4.39. The molecule has 0 bridgehead atoms. The van der Waals surface area contributed by atoms with E-state index in [1.807, 2.05) is 5.32 Å². The van der Waals surface area contributed by atoms with Crippen LogP contribution in [0.1, 0.15) is 0 Å². The average molecular weight is 258 g/mol. The Labute approximate surface area is 95.1 Å². The summed E-state index contributed by atoms with van der Waals surface area (Å²) >= 11 is 0. The van der Waals surface area contributed by atoms with Gasteiger partial charge in [0.15, 0.2) is 6.10 Å². The van der Waals surface area contributed by atoms with Crippen LogP contribution in [-0.4, -0.2) is 56.0 Å². The standard InChI is InChI=1S/C8H13F3N2O4/c1-17-5(7(15)16)2-13-6(14)3-12-4-8(9,10)11/h5,12H,2-4H2,1H3,(H,13,14)(H,15,16). The molecule has 6 nitrogen and oxygen atoms in total. The highest BCUT2D eigenvalue weighted by molar-refractivity contribution is 5.79. The van der Waals surface area contributed by atoms with Crippen molar-refractivity contribution in [2.24, 2.45) is 0 Å². The summed E-state index contributed by atoms with van der Waals surface area (Å²) in [7, 11) is 1.15. The summed E-state index contributed by atoms with van der Waals surface area (Å²) in [5.41, 5.74) is 0. The van der Waals surface area contributed by atoms with Gasteiger partial charge in [0.2, 0.25) is 5.91 Å². The third-order valence-electron chi connectivity index (χ3n) is 1.66. The van der Waals surface area contributed by atoms with Gasteiger partial charge in [0.1, 0.15) is 0 Å². The van der Waals surface area contributed by atoms with Gasteiger partial charge in [0.25, 0.3) is 0 Å². The highest BCUT2D eigenvalue weighted by atomic mass is 19.4. The molecular formula is C8H13F3N2O4. The number of hydrogen-bond donors (Lipinski definition) is 3. The summed E-state index contributed by atoms with van der Waals surface area (Å²) < 4.78 is 39.6. The normalized spacial score (nSPS) is 13.2. The van der Waals surface area contributed by atoms with Gasteiger partial charge in [-0.05, 0) is 0 Å². The minimum absolute atomic E-state index is 0.307. The van der Waals surface area contributed by atoms with E-state index < -0.39 is 37.2 Å². The zero-order valence-corrected chi connectivity index (χ0v) is 9.00. The zero-order chi connectivity index (χ0) is 13.5. The monoisotopic (exact) mass is 258 g/mol. The average Bonchev–Trinajstić information content (AvgIpc) is 2.16. The maximum atomic E-state index is 11.7. The molecule has 0 aromatic heterocycles. The first kappa shape index (κ1) is 15.7. The van der Waals surface area contributed by atoms with E-state index in [2.05, 4.69) is 10.1 Å². The van der Waals surface area contributed by atoms with Gasteiger partial charge in [-0.1, -0.05) is 0 Å². The Hall–Kier alpha value is -1.35. The number of rotatable bonds is 7. The highest BCUT2D eigenvalue weighted by Crippen LogP contribution is 2.11. The van der Waals surface area contributed by atoms with Crippen molar-refractivity contribution in [3.05, 3.63) is 0 Å². The molecule has 0 heterocycles. The summed E-state index contributed by atoms with van der Waals surface area (Å²) in [6, 6.07) is 0. The Bertz CT molecular complexity index is 270. The molecule has 1 unspecified atom stereocenters. The third kappa shape index (κ3) is 8.46. The maximum absolute atomic E-state index is 11.7. The van der Waals surface area contributed by atoms with Gasteiger partial charge in [0, 0.05) is 7.11 Å². The van der Waals surface area contributed by atoms with Crippen molar-refractivity contribution in [3.63, 3.8) is 0 Å². The molecule has 0 aromatic rings.